The van der Waals surface area contributed by atoms with Gasteiger partial charge in [-0.05, 0) is 24.6 Å². The SMILES string of the molecule is CC(C)(C)c1csc(CC(C)(N)c2ccc(Br)cc2)n1. The van der Waals surface area contributed by atoms with E-state index in [-0.39, 0.29) is 5.41 Å². The van der Waals surface area contributed by atoms with Gasteiger partial charge in [-0.1, -0.05) is 48.8 Å². The molecule has 1 atom stereocenters. The highest BCUT2D eigenvalue weighted by Gasteiger charge is 2.25. The molecular formula is C16H21BrN2S. The Kier molecular flexibility index (Phi) is 4.38. The Morgan fingerprint density at radius 2 is 1.75 bits per heavy atom. The second-order valence-corrected chi connectivity index (χ2v) is 8.34. The number of nitrogens with zero attached hydrogens (tertiary/aromatic N) is 1. The van der Waals surface area contributed by atoms with Crippen LogP contribution < -0.4 is 5.73 Å². The van der Waals surface area contributed by atoms with Gasteiger partial charge in [-0.15, -0.1) is 11.3 Å². The van der Waals surface area contributed by atoms with Crippen LogP contribution in [0, 0.1) is 0 Å². The molecule has 0 saturated heterocycles. The molecule has 0 spiro atoms. The van der Waals surface area contributed by atoms with Crippen LogP contribution in [-0.2, 0) is 17.4 Å². The minimum absolute atomic E-state index is 0.0946. The summed E-state index contributed by atoms with van der Waals surface area (Å²) in [5.41, 5.74) is 8.46. The standard InChI is InChI=1S/C16H21BrN2S/c1-15(2,3)13-10-20-14(19-13)9-16(4,18)11-5-7-12(17)8-6-11/h5-8,10H,9,18H2,1-4H3. The fourth-order valence-corrected chi connectivity index (χ4v) is 3.44. The first-order valence-electron chi connectivity index (χ1n) is 6.68. The van der Waals surface area contributed by atoms with Crippen molar-refractivity contribution in [3.05, 3.63) is 50.4 Å². The summed E-state index contributed by atoms with van der Waals surface area (Å²) in [7, 11) is 0. The second kappa shape index (κ2) is 5.58. The molecule has 0 aliphatic rings. The molecule has 1 unspecified atom stereocenters. The van der Waals surface area contributed by atoms with Crippen molar-refractivity contribution in [2.75, 3.05) is 0 Å². The van der Waals surface area contributed by atoms with Gasteiger partial charge in [0.25, 0.3) is 0 Å². The maximum absolute atomic E-state index is 6.49. The number of rotatable bonds is 3. The lowest BCUT2D eigenvalue weighted by molar-refractivity contribution is 0.486. The van der Waals surface area contributed by atoms with E-state index in [4.69, 9.17) is 10.7 Å². The zero-order valence-corrected chi connectivity index (χ0v) is 14.8. The quantitative estimate of drug-likeness (QED) is 0.874. The van der Waals surface area contributed by atoms with Gasteiger partial charge in [-0.25, -0.2) is 4.98 Å². The summed E-state index contributed by atoms with van der Waals surface area (Å²) in [6.45, 7) is 8.61. The molecule has 2 nitrogen and oxygen atoms in total. The first kappa shape index (κ1) is 15.7. The van der Waals surface area contributed by atoms with Gasteiger partial charge in [-0.3, -0.25) is 0 Å². The Hall–Kier alpha value is -0.710. The summed E-state index contributed by atoms with van der Waals surface area (Å²) >= 11 is 5.15. The highest BCUT2D eigenvalue weighted by molar-refractivity contribution is 9.10. The molecule has 0 saturated carbocycles. The molecule has 1 aromatic heterocycles. The van der Waals surface area contributed by atoms with E-state index < -0.39 is 5.54 Å². The van der Waals surface area contributed by atoms with Crippen molar-refractivity contribution < 1.29 is 0 Å². The number of halogens is 1. The molecule has 4 heteroatoms. The van der Waals surface area contributed by atoms with E-state index in [1.807, 2.05) is 12.1 Å². The molecule has 0 bridgehead atoms. The number of thiazole rings is 1. The van der Waals surface area contributed by atoms with Crippen molar-refractivity contribution in [1.82, 2.24) is 4.98 Å². The van der Waals surface area contributed by atoms with Crippen LogP contribution in [0.25, 0.3) is 0 Å². The Balaban J connectivity index is 2.19. The highest BCUT2D eigenvalue weighted by Crippen LogP contribution is 2.29. The third-order valence-corrected chi connectivity index (χ3v) is 4.72. The van der Waals surface area contributed by atoms with Crippen molar-refractivity contribution in [3.63, 3.8) is 0 Å². The molecule has 108 valence electrons. The molecule has 0 amide bonds. The van der Waals surface area contributed by atoms with Gasteiger partial charge < -0.3 is 5.73 Å². The lowest BCUT2D eigenvalue weighted by Gasteiger charge is -2.24. The normalized spacial score (nSPS) is 15.1. The van der Waals surface area contributed by atoms with Crippen LogP contribution in [0.5, 0.6) is 0 Å². The molecule has 0 radical (unpaired) electrons. The van der Waals surface area contributed by atoms with Crippen LogP contribution in [0.4, 0.5) is 0 Å². The van der Waals surface area contributed by atoms with Crippen molar-refractivity contribution >= 4 is 27.3 Å². The first-order chi connectivity index (χ1) is 9.18. The van der Waals surface area contributed by atoms with Crippen LogP contribution in [-0.4, -0.2) is 4.98 Å². The number of benzene rings is 1. The van der Waals surface area contributed by atoms with E-state index in [1.54, 1.807) is 11.3 Å². The van der Waals surface area contributed by atoms with Crippen molar-refractivity contribution in [2.45, 2.75) is 45.1 Å². The van der Waals surface area contributed by atoms with Crippen molar-refractivity contribution in [2.24, 2.45) is 5.73 Å². The van der Waals surface area contributed by atoms with Gasteiger partial charge in [0.05, 0.1) is 10.7 Å². The molecule has 2 N–H and O–H groups in total. The van der Waals surface area contributed by atoms with Gasteiger partial charge in [0.1, 0.15) is 0 Å². The zero-order chi connectivity index (χ0) is 15.0. The molecule has 0 aliphatic carbocycles. The molecule has 0 fully saturated rings. The van der Waals surface area contributed by atoms with Gasteiger partial charge in [0.15, 0.2) is 0 Å². The predicted octanol–water partition coefficient (Wildman–Crippen LogP) is 4.62. The molecular weight excluding hydrogens is 332 g/mol. The maximum Gasteiger partial charge on any atom is 0.0950 e. The van der Waals surface area contributed by atoms with Crippen LogP contribution in [0.1, 0.15) is 44.0 Å². The maximum atomic E-state index is 6.49. The average Bonchev–Trinajstić information content (AvgIpc) is 2.77. The molecule has 1 heterocycles. The minimum atomic E-state index is -0.395. The van der Waals surface area contributed by atoms with E-state index in [9.17, 15) is 0 Å². The van der Waals surface area contributed by atoms with Gasteiger partial charge in [0.2, 0.25) is 0 Å². The van der Waals surface area contributed by atoms with Gasteiger partial charge in [0, 0.05) is 27.2 Å². The topological polar surface area (TPSA) is 38.9 Å². The van der Waals surface area contributed by atoms with E-state index in [0.717, 1.165) is 27.2 Å². The molecule has 0 aliphatic heterocycles. The fraction of sp³-hybridized carbons (Fsp3) is 0.438. The smallest absolute Gasteiger partial charge is 0.0950 e. The minimum Gasteiger partial charge on any atom is -0.321 e. The van der Waals surface area contributed by atoms with Crippen LogP contribution in [0.15, 0.2) is 34.1 Å². The highest BCUT2D eigenvalue weighted by atomic mass is 79.9. The average molecular weight is 353 g/mol. The van der Waals surface area contributed by atoms with Crippen molar-refractivity contribution in [1.29, 1.82) is 0 Å². The summed E-state index contributed by atoms with van der Waals surface area (Å²) < 4.78 is 1.07. The lowest BCUT2D eigenvalue weighted by atomic mass is 9.90. The number of hydrogen-bond donors (Lipinski definition) is 1. The second-order valence-electron chi connectivity index (χ2n) is 6.48. The van der Waals surface area contributed by atoms with Crippen molar-refractivity contribution in [3.8, 4) is 0 Å². The Bertz CT molecular complexity index is 579. The molecule has 2 rings (SSSR count). The van der Waals surface area contributed by atoms with Crippen LogP contribution in [0.3, 0.4) is 0 Å². The lowest BCUT2D eigenvalue weighted by Crippen LogP contribution is -2.35. The van der Waals surface area contributed by atoms with Crippen LogP contribution >= 0.6 is 27.3 Å². The Labute approximate surface area is 133 Å². The van der Waals surface area contributed by atoms with E-state index in [2.05, 4.69) is 61.1 Å². The third-order valence-electron chi connectivity index (χ3n) is 3.34. The number of aromatic nitrogens is 1. The van der Waals surface area contributed by atoms with Crippen LogP contribution in [0.2, 0.25) is 0 Å². The summed E-state index contributed by atoms with van der Waals surface area (Å²) in [6.07, 6.45) is 0.759. The zero-order valence-electron chi connectivity index (χ0n) is 12.4. The van der Waals surface area contributed by atoms with E-state index in [0.29, 0.717) is 0 Å². The fourth-order valence-electron chi connectivity index (χ4n) is 1.98. The number of hydrogen-bond acceptors (Lipinski definition) is 3. The third kappa shape index (κ3) is 3.68. The predicted molar refractivity (Wildman–Crippen MR) is 90.2 cm³/mol. The van der Waals surface area contributed by atoms with E-state index in [1.165, 1.54) is 0 Å². The van der Waals surface area contributed by atoms with Gasteiger partial charge >= 0.3 is 0 Å². The first-order valence-corrected chi connectivity index (χ1v) is 8.35. The van der Waals surface area contributed by atoms with E-state index >= 15 is 0 Å². The number of nitrogens with two attached hydrogens (primary N) is 1. The molecule has 2 aromatic rings. The Morgan fingerprint density at radius 1 is 1.15 bits per heavy atom. The summed E-state index contributed by atoms with van der Waals surface area (Å²) in [5, 5.41) is 3.25. The summed E-state index contributed by atoms with van der Waals surface area (Å²) in [4.78, 5) is 4.74. The summed E-state index contributed by atoms with van der Waals surface area (Å²) in [6, 6.07) is 8.20. The monoisotopic (exact) mass is 352 g/mol. The van der Waals surface area contributed by atoms with Gasteiger partial charge in [-0.2, -0.15) is 0 Å². The Morgan fingerprint density at radius 3 is 2.25 bits per heavy atom. The summed E-state index contributed by atoms with van der Waals surface area (Å²) in [5.74, 6) is 0. The molecule has 20 heavy (non-hydrogen) atoms. The molecule has 1 aromatic carbocycles. The largest absolute Gasteiger partial charge is 0.321 e.